The molecule has 0 fully saturated rings. The van der Waals surface area contributed by atoms with E-state index < -0.39 is 5.97 Å². The number of ether oxygens (including phenoxy) is 1. The Hall–Kier alpha value is -1.95. The number of rotatable bonds is 2. The standard InChI is InChI=1S/C16H10INO2/c17-13-8-6-11(7-9-13)10-14-16(19)20-15(18-14)12-4-2-1-3-5-12/h1-10H/b14-10+. The Labute approximate surface area is 130 Å². The van der Waals surface area contributed by atoms with E-state index in [1.54, 1.807) is 6.08 Å². The average Bonchev–Trinajstić information content (AvgIpc) is 2.84. The van der Waals surface area contributed by atoms with E-state index in [1.165, 1.54) is 0 Å². The summed E-state index contributed by atoms with van der Waals surface area (Å²) < 4.78 is 6.34. The Kier molecular flexibility index (Phi) is 3.64. The van der Waals surface area contributed by atoms with E-state index in [2.05, 4.69) is 27.6 Å². The van der Waals surface area contributed by atoms with Gasteiger partial charge in [-0.1, -0.05) is 30.3 Å². The minimum absolute atomic E-state index is 0.324. The Balaban J connectivity index is 1.92. The van der Waals surface area contributed by atoms with Crippen LogP contribution in [-0.2, 0) is 9.53 Å². The monoisotopic (exact) mass is 375 g/mol. The van der Waals surface area contributed by atoms with Gasteiger partial charge in [0, 0.05) is 9.13 Å². The van der Waals surface area contributed by atoms with Crippen molar-refractivity contribution in [2.24, 2.45) is 4.99 Å². The van der Waals surface area contributed by atoms with E-state index in [1.807, 2.05) is 54.6 Å². The number of halogens is 1. The average molecular weight is 375 g/mol. The molecule has 1 heterocycles. The summed E-state index contributed by atoms with van der Waals surface area (Å²) in [6.07, 6.45) is 1.73. The first-order valence-corrected chi connectivity index (χ1v) is 7.14. The molecule has 0 amide bonds. The van der Waals surface area contributed by atoms with Crippen molar-refractivity contribution in [1.29, 1.82) is 0 Å². The first-order valence-electron chi connectivity index (χ1n) is 6.06. The van der Waals surface area contributed by atoms with Crippen LogP contribution in [0.4, 0.5) is 0 Å². The van der Waals surface area contributed by atoms with Crippen molar-refractivity contribution < 1.29 is 9.53 Å². The lowest BCUT2D eigenvalue weighted by Gasteiger charge is -1.97. The second-order valence-electron chi connectivity index (χ2n) is 4.25. The number of benzene rings is 2. The van der Waals surface area contributed by atoms with Crippen molar-refractivity contribution in [2.75, 3.05) is 0 Å². The molecule has 0 atom stereocenters. The second-order valence-corrected chi connectivity index (χ2v) is 5.50. The van der Waals surface area contributed by atoms with E-state index in [9.17, 15) is 4.79 Å². The molecular formula is C16H10INO2. The van der Waals surface area contributed by atoms with Crippen molar-refractivity contribution in [3.05, 3.63) is 75.0 Å². The molecule has 98 valence electrons. The zero-order chi connectivity index (χ0) is 13.9. The van der Waals surface area contributed by atoms with Gasteiger partial charge < -0.3 is 4.74 Å². The largest absolute Gasteiger partial charge is 0.402 e. The van der Waals surface area contributed by atoms with Gasteiger partial charge in [-0.25, -0.2) is 9.79 Å². The van der Waals surface area contributed by atoms with Gasteiger partial charge >= 0.3 is 5.97 Å². The summed E-state index contributed by atoms with van der Waals surface area (Å²) in [7, 11) is 0. The lowest BCUT2D eigenvalue weighted by atomic mass is 10.2. The number of hydrogen-bond acceptors (Lipinski definition) is 3. The summed E-state index contributed by atoms with van der Waals surface area (Å²) in [5.41, 5.74) is 2.05. The zero-order valence-electron chi connectivity index (χ0n) is 10.4. The van der Waals surface area contributed by atoms with Crippen LogP contribution in [0.5, 0.6) is 0 Å². The lowest BCUT2D eigenvalue weighted by molar-refractivity contribution is -0.129. The molecule has 0 spiro atoms. The highest BCUT2D eigenvalue weighted by atomic mass is 127. The molecule has 20 heavy (non-hydrogen) atoms. The van der Waals surface area contributed by atoms with Crippen LogP contribution in [0, 0.1) is 3.57 Å². The minimum Gasteiger partial charge on any atom is -0.402 e. The van der Waals surface area contributed by atoms with Crippen LogP contribution in [-0.4, -0.2) is 11.9 Å². The molecule has 0 bridgehead atoms. The summed E-state index contributed by atoms with van der Waals surface area (Å²) in [4.78, 5) is 16.1. The Morgan fingerprint density at radius 2 is 1.70 bits per heavy atom. The number of carbonyl (C=O) groups is 1. The van der Waals surface area contributed by atoms with Gasteiger partial charge in [0.1, 0.15) is 0 Å². The van der Waals surface area contributed by atoms with Crippen molar-refractivity contribution >= 4 is 40.5 Å². The minimum atomic E-state index is -0.414. The maximum absolute atomic E-state index is 11.8. The molecule has 0 aromatic heterocycles. The molecular weight excluding hydrogens is 365 g/mol. The maximum atomic E-state index is 11.8. The predicted octanol–water partition coefficient (Wildman–Crippen LogP) is 3.64. The van der Waals surface area contributed by atoms with Gasteiger partial charge in [-0.05, 0) is 58.5 Å². The highest BCUT2D eigenvalue weighted by Gasteiger charge is 2.23. The zero-order valence-corrected chi connectivity index (χ0v) is 12.6. The molecule has 0 unspecified atom stereocenters. The number of carbonyl (C=O) groups excluding carboxylic acids is 1. The maximum Gasteiger partial charge on any atom is 0.363 e. The first-order chi connectivity index (χ1) is 9.72. The fourth-order valence-corrected chi connectivity index (χ4v) is 2.19. The number of esters is 1. The summed E-state index contributed by atoms with van der Waals surface area (Å²) in [5.74, 6) is -0.0604. The van der Waals surface area contributed by atoms with E-state index in [0.717, 1.165) is 14.7 Å². The summed E-state index contributed by atoms with van der Waals surface area (Å²) in [5, 5.41) is 0. The third-order valence-corrected chi connectivity index (χ3v) is 3.53. The molecule has 0 N–H and O–H groups in total. The number of aliphatic imine (C=N–C) groups is 1. The van der Waals surface area contributed by atoms with Crippen LogP contribution in [0.2, 0.25) is 0 Å². The fourth-order valence-electron chi connectivity index (χ4n) is 1.83. The molecule has 1 aliphatic heterocycles. The Morgan fingerprint density at radius 1 is 1.00 bits per heavy atom. The number of hydrogen-bond donors (Lipinski definition) is 0. The van der Waals surface area contributed by atoms with Gasteiger partial charge in [0.25, 0.3) is 0 Å². The van der Waals surface area contributed by atoms with E-state index in [-0.39, 0.29) is 0 Å². The third kappa shape index (κ3) is 2.80. The van der Waals surface area contributed by atoms with Crippen LogP contribution >= 0.6 is 22.6 Å². The number of nitrogens with zero attached hydrogens (tertiary/aromatic N) is 1. The van der Waals surface area contributed by atoms with Gasteiger partial charge in [0.2, 0.25) is 5.90 Å². The van der Waals surface area contributed by atoms with Gasteiger partial charge in [0.05, 0.1) is 0 Å². The Bertz CT molecular complexity index is 703. The first kappa shape index (κ1) is 13.1. The van der Waals surface area contributed by atoms with Gasteiger partial charge in [0.15, 0.2) is 5.70 Å². The smallest absolute Gasteiger partial charge is 0.363 e. The molecule has 4 heteroatoms. The quantitative estimate of drug-likeness (QED) is 0.457. The van der Waals surface area contributed by atoms with E-state index in [4.69, 9.17) is 4.74 Å². The van der Waals surface area contributed by atoms with Gasteiger partial charge in [-0.2, -0.15) is 0 Å². The molecule has 3 nitrogen and oxygen atoms in total. The second kappa shape index (κ2) is 5.58. The lowest BCUT2D eigenvalue weighted by Crippen LogP contribution is -2.04. The van der Waals surface area contributed by atoms with Crippen molar-refractivity contribution in [2.45, 2.75) is 0 Å². The fraction of sp³-hybridized carbons (Fsp3) is 0. The van der Waals surface area contributed by atoms with Crippen molar-refractivity contribution in [3.8, 4) is 0 Å². The molecule has 3 rings (SSSR count). The summed E-state index contributed by atoms with van der Waals surface area (Å²) in [6, 6.07) is 17.2. The third-order valence-electron chi connectivity index (χ3n) is 2.81. The molecule has 0 saturated heterocycles. The summed E-state index contributed by atoms with van der Waals surface area (Å²) in [6.45, 7) is 0. The number of cyclic esters (lactones) is 1. The van der Waals surface area contributed by atoms with Crippen molar-refractivity contribution in [3.63, 3.8) is 0 Å². The SMILES string of the molecule is O=C1OC(c2ccccc2)=N/C1=C/c1ccc(I)cc1. The normalized spacial score (nSPS) is 16.1. The van der Waals surface area contributed by atoms with Crippen LogP contribution < -0.4 is 0 Å². The van der Waals surface area contributed by atoms with Crippen molar-refractivity contribution in [1.82, 2.24) is 0 Å². The molecule has 0 saturated carbocycles. The molecule has 2 aromatic rings. The highest BCUT2D eigenvalue weighted by molar-refractivity contribution is 14.1. The topological polar surface area (TPSA) is 38.7 Å². The Morgan fingerprint density at radius 3 is 2.40 bits per heavy atom. The van der Waals surface area contributed by atoms with E-state index in [0.29, 0.717) is 11.6 Å². The van der Waals surface area contributed by atoms with Gasteiger partial charge in [-0.15, -0.1) is 0 Å². The van der Waals surface area contributed by atoms with Crippen LogP contribution in [0.25, 0.3) is 6.08 Å². The van der Waals surface area contributed by atoms with Gasteiger partial charge in [-0.3, -0.25) is 0 Å². The molecule has 1 aliphatic rings. The van der Waals surface area contributed by atoms with Crippen LogP contribution in [0.3, 0.4) is 0 Å². The predicted molar refractivity (Wildman–Crippen MR) is 86.2 cm³/mol. The summed E-state index contributed by atoms with van der Waals surface area (Å²) >= 11 is 2.24. The van der Waals surface area contributed by atoms with Crippen LogP contribution in [0.15, 0.2) is 65.3 Å². The molecule has 0 aliphatic carbocycles. The highest BCUT2D eigenvalue weighted by Crippen LogP contribution is 2.19. The molecule has 0 radical (unpaired) electrons. The van der Waals surface area contributed by atoms with Crippen LogP contribution in [0.1, 0.15) is 11.1 Å². The molecule has 2 aromatic carbocycles. The van der Waals surface area contributed by atoms with E-state index >= 15 is 0 Å².